The maximum Gasteiger partial charge on any atom is 0.183 e. The van der Waals surface area contributed by atoms with Crippen molar-refractivity contribution < 1.29 is 9.47 Å². The van der Waals surface area contributed by atoms with E-state index in [-0.39, 0.29) is 0 Å². The van der Waals surface area contributed by atoms with Crippen LogP contribution in [0.3, 0.4) is 0 Å². The predicted molar refractivity (Wildman–Crippen MR) is 116 cm³/mol. The molecule has 4 rings (SSSR count). The minimum absolute atomic E-state index is 0.828. The highest BCUT2D eigenvalue weighted by atomic mass is 32.1. The van der Waals surface area contributed by atoms with Crippen molar-refractivity contribution in [2.75, 3.05) is 63.7 Å². The number of thiazole rings is 1. The highest BCUT2D eigenvalue weighted by Gasteiger charge is 2.19. The standard InChI is InChI=1S/C21H26N4O2S/c1-26-17-7-4-3-6-16(17)25-14-12-24(13-15-25)11-10-22-21-23-20-18(27-2)8-5-9-19(20)28-21/h3-9H,10-15H2,1-2H3,(H,22,23). The lowest BCUT2D eigenvalue weighted by atomic mass is 10.2. The number of nitrogens with zero attached hydrogens (tertiary/aromatic N) is 3. The van der Waals surface area contributed by atoms with Crippen LogP contribution in [0.25, 0.3) is 10.2 Å². The van der Waals surface area contributed by atoms with Crippen molar-refractivity contribution in [1.29, 1.82) is 0 Å². The van der Waals surface area contributed by atoms with E-state index < -0.39 is 0 Å². The molecule has 1 aliphatic rings. The van der Waals surface area contributed by atoms with Gasteiger partial charge in [0.2, 0.25) is 0 Å². The van der Waals surface area contributed by atoms with Crippen molar-refractivity contribution in [1.82, 2.24) is 9.88 Å². The van der Waals surface area contributed by atoms with Gasteiger partial charge in [0.05, 0.1) is 24.6 Å². The van der Waals surface area contributed by atoms with Gasteiger partial charge >= 0.3 is 0 Å². The van der Waals surface area contributed by atoms with E-state index in [1.165, 1.54) is 5.69 Å². The van der Waals surface area contributed by atoms with Gasteiger partial charge in [-0.25, -0.2) is 4.98 Å². The summed E-state index contributed by atoms with van der Waals surface area (Å²) >= 11 is 1.67. The Morgan fingerprint density at radius 2 is 1.71 bits per heavy atom. The highest BCUT2D eigenvalue weighted by molar-refractivity contribution is 7.22. The number of piperazine rings is 1. The first-order valence-corrected chi connectivity index (χ1v) is 10.4. The quantitative estimate of drug-likeness (QED) is 0.657. The molecule has 0 aliphatic carbocycles. The maximum absolute atomic E-state index is 5.50. The zero-order valence-electron chi connectivity index (χ0n) is 16.4. The summed E-state index contributed by atoms with van der Waals surface area (Å²) in [5.41, 5.74) is 2.12. The highest BCUT2D eigenvalue weighted by Crippen LogP contribution is 2.32. The average Bonchev–Trinajstić information content (AvgIpc) is 3.17. The van der Waals surface area contributed by atoms with Crippen molar-refractivity contribution >= 4 is 32.4 Å². The lowest BCUT2D eigenvalue weighted by Gasteiger charge is -2.36. The molecule has 148 valence electrons. The first-order chi connectivity index (χ1) is 13.8. The second-order valence-corrected chi connectivity index (χ2v) is 7.78. The van der Waals surface area contributed by atoms with E-state index in [9.17, 15) is 0 Å². The van der Waals surface area contributed by atoms with Crippen LogP contribution in [0.4, 0.5) is 10.8 Å². The van der Waals surface area contributed by atoms with Gasteiger partial charge in [-0.1, -0.05) is 29.5 Å². The zero-order valence-corrected chi connectivity index (χ0v) is 17.2. The summed E-state index contributed by atoms with van der Waals surface area (Å²) in [4.78, 5) is 9.58. The SMILES string of the molecule is COc1ccccc1N1CCN(CCNc2nc3c(OC)cccc3s2)CC1. The van der Waals surface area contributed by atoms with Crippen LogP contribution in [0.2, 0.25) is 0 Å². The minimum Gasteiger partial charge on any atom is -0.495 e. The average molecular weight is 399 g/mol. The molecule has 1 aliphatic heterocycles. The number of rotatable bonds is 7. The van der Waals surface area contributed by atoms with Crippen LogP contribution in [0, 0.1) is 0 Å². The summed E-state index contributed by atoms with van der Waals surface area (Å²) < 4.78 is 12.0. The lowest BCUT2D eigenvalue weighted by Crippen LogP contribution is -2.47. The van der Waals surface area contributed by atoms with E-state index in [2.05, 4.69) is 38.3 Å². The fraction of sp³-hybridized carbons (Fsp3) is 0.381. The van der Waals surface area contributed by atoms with Gasteiger partial charge in [-0.3, -0.25) is 4.90 Å². The van der Waals surface area contributed by atoms with Crippen LogP contribution < -0.4 is 19.7 Å². The van der Waals surface area contributed by atoms with Crippen LogP contribution >= 0.6 is 11.3 Å². The topological polar surface area (TPSA) is 49.9 Å². The van der Waals surface area contributed by atoms with Gasteiger partial charge in [-0.05, 0) is 24.3 Å². The summed E-state index contributed by atoms with van der Waals surface area (Å²) in [5, 5.41) is 4.42. The van der Waals surface area contributed by atoms with Gasteiger partial charge in [0, 0.05) is 39.3 Å². The molecule has 0 unspecified atom stereocenters. The number of para-hydroxylation sites is 3. The Balaban J connectivity index is 1.28. The molecule has 0 bridgehead atoms. The van der Waals surface area contributed by atoms with Gasteiger partial charge in [0.15, 0.2) is 5.13 Å². The molecule has 2 heterocycles. The van der Waals surface area contributed by atoms with Crippen molar-refractivity contribution in [2.24, 2.45) is 0 Å². The summed E-state index contributed by atoms with van der Waals surface area (Å²) in [5.74, 6) is 1.78. The Kier molecular flexibility index (Phi) is 5.83. The Bertz CT molecular complexity index is 922. The number of hydrogen-bond donors (Lipinski definition) is 1. The fourth-order valence-corrected chi connectivity index (χ4v) is 4.50. The Morgan fingerprint density at radius 3 is 2.50 bits per heavy atom. The molecule has 0 radical (unpaired) electrons. The van der Waals surface area contributed by atoms with Crippen LogP contribution in [-0.2, 0) is 0 Å². The van der Waals surface area contributed by atoms with E-state index in [0.717, 1.165) is 66.1 Å². The number of fused-ring (bicyclic) bond motifs is 1. The Labute approximate surface area is 169 Å². The smallest absolute Gasteiger partial charge is 0.183 e. The number of methoxy groups -OCH3 is 2. The molecule has 1 N–H and O–H groups in total. The number of ether oxygens (including phenoxy) is 2. The van der Waals surface area contributed by atoms with Crippen molar-refractivity contribution in [2.45, 2.75) is 0 Å². The second kappa shape index (κ2) is 8.67. The van der Waals surface area contributed by atoms with E-state index in [1.807, 2.05) is 24.3 Å². The molecule has 0 saturated carbocycles. The summed E-state index contributed by atoms with van der Waals surface area (Å²) in [6, 6.07) is 14.3. The molecule has 1 aromatic heterocycles. The van der Waals surface area contributed by atoms with Crippen molar-refractivity contribution in [3.8, 4) is 11.5 Å². The third-order valence-electron chi connectivity index (χ3n) is 5.10. The second-order valence-electron chi connectivity index (χ2n) is 6.75. The maximum atomic E-state index is 5.50. The van der Waals surface area contributed by atoms with E-state index in [4.69, 9.17) is 9.47 Å². The molecule has 1 saturated heterocycles. The van der Waals surface area contributed by atoms with Crippen molar-refractivity contribution in [3.63, 3.8) is 0 Å². The molecular weight excluding hydrogens is 372 g/mol. The third kappa shape index (κ3) is 4.00. The van der Waals surface area contributed by atoms with Crippen LogP contribution in [0.1, 0.15) is 0 Å². The number of benzene rings is 2. The molecule has 2 aromatic carbocycles. The number of nitrogens with one attached hydrogen (secondary N) is 1. The van der Waals surface area contributed by atoms with Gasteiger partial charge in [0.1, 0.15) is 17.0 Å². The lowest BCUT2D eigenvalue weighted by molar-refractivity contribution is 0.266. The molecule has 28 heavy (non-hydrogen) atoms. The first kappa shape index (κ1) is 18.8. The van der Waals surface area contributed by atoms with Gasteiger partial charge in [-0.2, -0.15) is 0 Å². The number of aromatic nitrogens is 1. The van der Waals surface area contributed by atoms with Crippen LogP contribution in [0.15, 0.2) is 42.5 Å². The van der Waals surface area contributed by atoms with Gasteiger partial charge < -0.3 is 19.7 Å². The van der Waals surface area contributed by atoms with E-state index in [1.54, 1.807) is 25.6 Å². The molecule has 3 aromatic rings. The summed E-state index contributed by atoms with van der Waals surface area (Å²) in [6.07, 6.45) is 0. The molecule has 0 amide bonds. The summed E-state index contributed by atoms with van der Waals surface area (Å²) in [7, 11) is 3.42. The molecule has 0 spiro atoms. The molecule has 6 nitrogen and oxygen atoms in total. The molecular formula is C21H26N4O2S. The predicted octanol–water partition coefficient (Wildman–Crippen LogP) is 3.55. The van der Waals surface area contributed by atoms with Crippen LogP contribution in [-0.4, -0.2) is 63.4 Å². The molecule has 0 atom stereocenters. The fourth-order valence-electron chi connectivity index (χ4n) is 3.59. The third-order valence-corrected chi connectivity index (χ3v) is 6.08. The zero-order chi connectivity index (χ0) is 19.3. The molecule has 7 heteroatoms. The van der Waals surface area contributed by atoms with Crippen LogP contribution in [0.5, 0.6) is 11.5 Å². The number of hydrogen-bond acceptors (Lipinski definition) is 7. The summed E-state index contributed by atoms with van der Waals surface area (Å²) in [6.45, 7) is 6.02. The molecule has 1 fully saturated rings. The van der Waals surface area contributed by atoms with Gasteiger partial charge in [0.25, 0.3) is 0 Å². The van der Waals surface area contributed by atoms with Gasteiger partial charge in [-0.15, -0.1) is 0 Å². The Morgan fingerprint density at radius 1 is 0.964 bits per heavy atom. The monoisotopic (exact) mass is 398 g/mol. The van der Waals surface area contributed by atoms with E-state index in [0.29, 0.717) is 0 Å². The Hall–Kier alpha value is -2.51. The number of anilines is 2. The largest absolute Gasteiger partial charge is 0.495 e. The van der Waals surface area contributed by atoms with E-state index >= 15 is 0 Å². The van der Waals surface area contributed by atoms with Crippen molar-refractivity contribution in [3.05, 3.63) is 42.5 Å². The minimum atomic E-state index is 0.828. The normalized spacial score (nSPS) is 15.0. The first-order valence-electron chi connectivity index (χ1n) is 9.56.